The molecule has 6 nitrogen and oxygen atoms in total. The van der Waals surface area contributed by atoms with Gasteiger partial charge in [0.1, 0.15) is 5.75 Å². The van der Waals surface area contributed by atoms with Gasteiger partial charge in [0.25, 0.3) is 0 Å². The number of hydrogen-bond acceptors (Lipinski definition) is 4. The standard InChI is InChI=1S/C30H39N2O4S/c1-23-21-24(2)30(25(3)22-23)37(34,35)31-17-9-18-32(4,5)19-10-20-36-28-15-13-27(14-16-28)29(33)26-11-7-6-8-12-26/h6-8,11-16,21-22,31H,9-10,17-20H2,1-5H3/q+1. The quantitative estimate of drug-likeness (QED) is 0.193. The molecule has 0 saturated heterocycles. The van der Waals surface area contributed by atoms with Gasteiger partial charge in [0, 0.05) is 30.5 Å². The highest BCUT2D eigenvalue weighted by Gasteiger charge is 2.20. The summed E-state index contributed by atoms with van der Waals surface area (Å²) in [6.45, 7) is 8.40. The lowest BCUT2D eigenvalue weighted by atomic mass is 10.0. The van der Waals surface area contributed by atoms with Gasteiger partial charge in [-0.15, -0.1) is 0 Å². The monoisotopic (exact) mass is 523 g/mol. The Morgan fingerprint density at radius 2 is 1.41 bits per heavy atom. The molecule has 3 aromatic carbocycles. The van der Waals surface area contributed by atoms with Crippen LogP contribution in [0.5, 0.6) is 5.75 Å². The molecule has 0 saturated carbocycles. The van der Waals surface area contributed by atoms with Crippen molar-refractivity contribution in [3.63, 3.8) is 0 Å². The molecule has 0 aliphatic heterocycles. The van der Waals surface area contributed by atoms with E-state index in [1.54, 1.807) is 12.1 Å². The number of aryl methyl sites for hydroxylation is 3. The smallest absolute Gasteiger partial charge is 0.241 e. The van der Waals surface area contributed by atoms with Crippen LogP contribution in [-0.4, -0.2) is 59.0 Å². The first-order valence-electron chi connectivity index (χ1n) is 12.7. The van der Waals surface area contributed by atoms with Crippen molar-refractivity contribution in [2.45, 2.75) is 38.5 Å². The van der Waals surface area contributed by atoms with E-state index in [0.717, 1.165) is 52.9 Å². The molecule has 0 fully saturated rings. The number of ether oxygens (including phenoxy) is 1. The van der Waals surface area contributed by atoms with E-state index in [2.05, 4.69) is 18.8 Å². The molecule has 0 atom stereocenters. The van der Waals surface area contributed by atoms with Crippen LogP contribution in [0.3, 0.4) is 0 Å². The first-order chi connectivity index (χ1) is 17.5. The van der Waals surface area contributed by atoms with E-state index in [0.29, 0.717) is 29.2 Å². The van der Waals surface area contributed by atoms with Crippen LogP contribution in [0.2, 0.25) is 0 Å². The van der Waals surface area contributed by atoms with Crippen LogP contribution in [0.1, 0.15) is 45.5 Å². The van der Waals surface area contributed by atoms with Crippen molar-refractivity contribution in [3.05, 3.63) is 94.5 Å². The first-order valence-corrected chi connectivity index (χ1v) is 14.2. The summed E-state index contributed by atoms with van der Waals surface area (Å²) in [5, 5.41) is 0. The second-order valence-electron chi connectivity index (χ2n) is 10.3. The van der Waals surface area contributed by atoms with Crippen LogP contribution in [-0.2, 0) is 10.0 Å². The number of carbonyl (C=O) groups is 1. The van der Waals surface area contributed by atoms with Crippen molar-refractivity contribution in [2.75, 3.05) is 40.3 Å². The predicted molar refractivity (Wildman–Crippen MR) is 149 cm³/mol. The minimum Gasteiger partial charge on any atom is -0.493 e. The predicted octanol–water partition coefficient (Wildman–Crippen LogP) is 5.06. The Hall–Kier alpha value is -3.00. The van der Waals surface area contributed by atoms with Crippen LogP contribution < -0.4 is 9.46 Å². The van der Waals surface area contributed by atoms with Gasteiger partial charge in [-0.1, -0.05) is 48.0 Å². The molecule has 0 aromatic heterocycles. The van der Waals surface area contributed by atoms with Crippen molar-refractivity contribution >= 4 is 15.8 Å². The fraction of sp³-hybridized carbons (Fsp3) is 0.367. The summed E-state index contributed by atoms with van der Waals surface area (Å²) < 4.78 is 35.1. The Labute approximate surface area is 221 Å². The summed E-state index contributed by atoms with van der Waals surface area (Å²) in [6.07, 6.45) is 1.61. The number of benzene rings is 3. The van der Waals surface area contributed by atoms with Gasteiger partial charge < -0.3 is 9.22 Å². The topological polar surface area (TPSA) is 72.5 Å². The van der Waals surface area contributed by atoms with Crippen molar-refractivity contribution in [1.29, 1.82) is 0 Å². The maximum Gasteiger partial charge on any atom is 0.241 e. The Morgan fingerprint density at radius 1 is 0.838 bits per heavy atom. The number of carbonyl (C=O) groups excluding carboxylic acids is 1. The molecule has 198 valence electrons. The van der Waals surface area contributed by atoms with Gasteiger partial charge in [-0.3, -0.25) is 4.79 Å². The zero-order chi connectivity index (χ0) is 27.1. The van der Waals surface area contributed by atoms with Crippen molar-refractivity contribution in [2.24, 2.45) is 0 Å². The van der Waals surface area contributed by atoms with Crippen LogP contribution in [0.4, 0.5) is 0 Å². The first kappa shape index (κ1) is 28.6. The molecule has 0 heterocycles. The number of quaternary nitrogens is 1. The molecular formula is C30H39N2O4S+. The molecule has 1 N–H and O–H groups in total. The third kappa shape index (κ3) is 8.25. The Morgan fingerprint density at radius 3 is 2.03 bits per heavy atom. The van der Waals surface area contributed by atoms with Crippen LogP contribution in [0.15, 0.2) is 71.6 Å². The second kappa shape index (κ2) is 12.5. The van der Waals surface area contributed by atoms with E-state index in [1.165, 1.54) is 0 Å². The molecule has 3 rings (SSSR count). The third-order valence-electron chi connectivity index (χ3n) is 6.43. The summed E-state index contributed by atoms with van der Waals surface area (Å²) in [5.41, 5.74) is 3.92. The number of sulfonamides is 1. The van der Waals surface area contributed by atoms with E-state index >= 15 is 0 Å². The Balaban J connectivity index is 1.39. The van der Waals surface area contributed by atoms with Crippen molar-refractivity contribution < 1.29 is 22.4 Å². The van der Waals surface area contributed by atoms with Crippen molar-refractivity contribution in [3.8, 4) is 5.75 Å². The van der Waals surface area contributed by atoms with E-state index in [-0.39, 0.29) is 5.78 Å². The second-order valence-corrected chi connectivity index (χ2v) is 12.0. The maximum absolute atomic E-state index is 12.8. The normalized spacial score (nSPS) is 11.9. The van der Waals surface area contributed by atoms with Crippen LogP contribution in [0.25, 0.3) is 0 Å². The van der Waals surface area contributed by atoms with Crippen LogP contribution in [0, 0.1) is 20.8 Å². The van der Waals surface area contributed by atoms with Crippen LogP contribution >= 0.6 is 0 Å². The summed E-state index contributed by atoms with van der Waals surface area (Å²) in [6, 6.07) is 20.3. The molecule has 0 bridgehead atoms. The molecule has 0 unspecified atom stereocenters. The van der Waals surface area contributed by atoms with Gasteiger partial charge >= 0.3 is 0 Å². The fourth-order valence-corrected chi connectivity index (χ4v) is 6.15. The summed E-state index contributed by atoms with van der Waals surface area (Å²) in [4.78, 5) is 12.9. The van der Waals surface area contributed by atoms with E-state index < -0.39 is 10.0 Å². The maximum atomic E-state index is 12.8. The highest BCUT2D eigenvalue weighted by molar-refractivity contribution is 7.89. The molecule has 0 aliphatic rings. The average molecular weight is 524 g/mol. The van der Waals surface area contributed by atoms with Gasteiger partial charge in [0.15, 0.2) is 5.78 Å². The molecule has 0 spiro atoms. The molecular weight excluding hydrogens is 484 g/mol. The zero-order valence-electron chi connectivity index (χ0n) is 22.6. The molecule has 7 heteroatoms. The lowest BCUT2D eigenvalue weighted by molar-refractivity contribution is -0.890. The van der Waals surface area contributed by atoms with Gasteiger partial charge in [-0.25, -0.2) is 13.1 Å². The highest BCUT2D eigenvalue weighted by atomic mass is 32.2. The van der Waals surface area contributed by atoms with E-state index in [1.807, 2.05) is 75.4 Å². The largest absolute Gasteiger partial charge is 0.493 e. The summed E-state index contributed by atoms with van der Waals surface area (Å²) >= 11 is 0. The van der Waals surface area contributed by atoms with Gasteiger partial charge in [-0.05, 0) is 56.2 Å². The minimum absolute atomic E-state index is 0.00220. The van der Waals surface area contributed by atoms with E-state index in [9.17, 15) is 13.2 Å². The van der Waals surface area contributed by atoms with Gasteiger partial charge in [-0.2, -0.15) is 0 Å². The lowest BCUT2D eigenvalue weighted by Crippen LogP contribution is -2.43. The SMILES string of the molecule is Cc1cc(C)c(S(=O)(=O)NCCC[N+](C)(C)CCCOc2ccc(C(=O)c3ccccc3)cc2)c(C)c1. The third-order valence-corrected chi connectivity index (χ3v) is 8.20. The summed E-state index contributed by atoms with van der Waals surface area (Å²) in [5.74, 6) is 0.739. The number of rotatable bonds is 13. The molecule has 0 amide bonds. The lowest BCUT2D eigenvalue weighted by Gasteiger charge is -2.30. The minimum atomic E-state index is -3.53. The Kier molecular flexibility index (Phi) is 9.65. The number of nitrogens with one attached hydrogen (secondary N) is 1. The zero-order valence-corrected chi connectivity index (χ0v) is 23.4. The van der Waals surface area contributed by atoms with Gasteiger partial charge in [0.05, 0.1) is 38.7 Å². The van der Waals surface area contributed by atoms with Crippen molar-refractivity contribution in [1.82, 2.24) is 4.72 Å². The molecule has 0 aliphatic carbocycles. The fourth-order valence-electron chi connectivity index (χ4n) is 4.63. The highest BCUT2D eigenvalue weighted by Crippen LogP contribution is 2.21. The number of nitrogens with zero attached hydrogens (tertiary/aromatic N) is 1. The molecule has 37 heavy (non-hydrogen) atoms. The van der Waals surface area contributed by atoms with Gasteiger partial charge in [0.2, 0.25) is 10.0 Å². The molecule has 0 radical (unpaired) electrons. The van der Waals surface area contributed by atoms with E-state index in [4.69, 9.17) is 4.74 Å². The molecule has 3 aromatic rings. The summed E-state index contributed by atoms with van der Waals surface area (Å²) in [7, 11) is 0.761. The Bertz CT molecular complexity index is 1280. The number of hydrogen-bond donors (Lipinski definition) is 1. The number of ketones is 1. The average Bonchev–Trinajstić information content (AvgIpc) is 2.84.